The first-order chi connectivity index (χ1) is 12.2. The van der Waals surface area contributed by atoms with Gasteiger partial charge in [0.05, 0.1) is 5.60 Å². The zero-order valence-electron chi connectivity index (χ0n) is 16.7. The van der Waals surface area contributed by atoms with E-state index < -0.39 is 62.6 Å². The van der Waals surface area contributed by atoms with Gasteiger partial charge in [-0.3, -0.25) is 4.18 Å². The molecule has 0 amide bonds. The van der Waals surface area contributed by atoms with Gasteiger partial charge in [0.1, 0.15) is 4.75 Å². The largest absolute Gasteiger partial charge is 0.426 e. The van der Waals surface area contributed by atoms with Gasteiger partial charge in [0.15, 0.2) is 0 Å². The van der Waals surface area contributed by atoms with Crippen LogP contribution in [0.5, 0.6) is 0 Å². The Balaban J connectivity index is 3.20. The lowest BCUT2D eigenvalue weighted by molar-refractivity contribution is -0.384. The van der Waals surface area contributed by atoms with Gasteiger partial charge in [0, 0.05) is 11.8 Å². The Kier molecular flexibility index (Phi) is 6.64. The van der Waals surface area contributed by atoms with E-state index in [-0.39, 0.29) is 12.8 Å². The lowest BCUT2D eigenvalue weighted by Crippen LogP contribution is -2.61. The van der Waals surface area contributed by atoms with E-state index in [2.05, 4.69) is 0 Å². The molecule has 4 atom stereocenters. The molecule has 0 aromatic carbocycles. The average Bonchev–Trinajstić information content (AvgIpc) is 2.59. The molecule has 0 aromatic rings. The molecular formula is C17H28F6O4S. The van der Waals surface area contributed by atoms with Crippen molar-refractivity contribution in [1.82, 2.24) is 0 Å². The first-order valence-corrected chi connectivity index (χ1v) is 10.4. The number of halogens is 6. The van der Waals surface area contributed by atoms with Gasteiger partial charge in [-0.25, -0.2) is 0 Å². The normalized spacial score (nSPS) is 30.2. The molecular weight excluding hydrogens is 414 g/mol. The molecule has 0 radical (unpaired) electrons. The smallest absolute Gasteiger partial charge is 0.373 e. The second kappa shape index (κ2) is 7.30. The third-order valence-electron chi connectivity index (χ3n) is 6.39. The second-order valence-corrected chi connectivity index (χ2v) is 10.6. The van der Waals surface area contributed by atoms with Crippen molar-refractivity contribution in [3.8, 4) is 0 Å². The highest BCUT2D eigenvalue weighted by atomic mass is 32.2. The molecule has 4 unspecified atom stereocenters. The topological polar surface area (TPSA) is 63.6 Å². The third-order valence-corrected chi connectivity index (χ3v) is 8.70. The van der Waals surface area contributed by atoms with Gasteiger partial charge in [-0.05, 0) is 39.5 Å². The van der Waals surface area contributed by atoms with Crippen LogP contribution in [0.1, 0.15) is 60.8 Å². The summed E-state index contributed by atoms with van der Waals surface area (Å²) in [5.74, 6) is -3.56. The van der Waals surface area contributed by atoms with Crippen molar-refractivity contribution in [2.75, 3.05) is 0 Å². The number of hydrogen-bond acceptors (Lipinski definition) is 4. The Hall–Kier alpha value is -0.550. The van der Waals surface area contributed by atoms with Gasteiger partial charge < -0.3 is 5.11 Å². The highest BCUT2D eigenvalue weighted by Crippen LogP contribution is 2.52. The number of hydrogen-bond donors (Lipinski definition) is 1. The first-order valence-electron chi connectivity index (χ1n) is 8.98. The van der Waals surface area contributed by atoms with Crippen LogP contribution < -0.4 is 0 Å². The zero-order chi connectivity index (χ0) is 22.6. The summed E-state index contributed by atoms with van der Waals surface area (Å²) in [6.07, 6.45) is -12.5. The highest BCUT2D eigenvalue weighted by molar-refractivity contribution is 7.88. The van der Waals surface area contributed by atoms with E-state index in [0.29, 0.717) is 6.92 Å². The van der Waals surface area contributed by atoms with E-state index in [1.54, 1.807) is 27.7 Å². The Morgan fingerprint density at radius 3 is 1.79 bits per heavy atom. The predicted molar refractivity (Wildman–Crippen MR) is 90.9 cm³/mol. The molecule has 168 valence electrons. The molecule has 1 aliphatic rings. The van der Waals surface area contributed by atoms with Crippen LogP contribution in [0.15, 0.2) is 0 Å². The summed E-state index contributed by atoms with van der Waals surface area (Å²) < 4.78 is 107. The van der Waals surface area contributed by atoms with Gasteiger partial charge in [-0.1, -0.05) is 27.2 Å². The average molecular weight is 442 g/mol. The molecule has 1 heterocycles. The van der Waals surface area contributed by atoms with Gasteiger partial charge in [0.2, 0.25) is 0 Å². The van der Waals surface area contributed by atoms with E-state index >= 15 is 0 Å². The number of aliphatic hydroxyl groups is 1. The van der Waals surface area contributed by atoms with E-state index in [1.165, 1.54) is 6.92 Å². The fourth-order valence-electron chi connectivity index (χ4n) is 4.04. The van der Waals surface area contributed by atoms with Crippen LogP contribution in [0, 0.1) is 17.8 Å². The summed E-state index contributed by atoms with van der Waals surface area (Å²) in [5.41, 5.74) is -5.92. The van der Waals surface area contributed by atoms with E-state index in [0.717, 1.165) is 0 Å². The van der Waals surface area contributed by atoms with Crippen LogP contribution in [0.25, 0.3) is 0 Å². The van der Waals surface area contributed by atoms with Crippen LogP contribution in [0.2, 0.25) is 0 Å². The fourth-order valence-corrected chi connectivity index (χ4v) is 6.10. The standard InChI is InChI=1S/C17H28F6O4S/c1-7-12(8-10(2)15(24,16(18,19)20)17(21,22)23)9-14(6)11(3)13(4,5)27-28(14,25)26/h10-12,24H,7-9H2,1-6H3. The van der Waals surface area contributed by atoms with Crippen molar-refractivity contribution in [1.29, 1.82) is 0 Å². The van der Waals surface area contributed by atoms with Crippen LogP contribution in [0.3, 0.4) is 0 Å². The van der Waals surface area contributed by atoms with Gasteiger partial charge in [-0.15, -0.1) is 0 Å². The van der Waals surface area contributed by atoms with E-state index in [1.807, 2.05) is 0 Å². The maximum atomic E-state index is 13.1. The molecule has 11 heteroatoms. The summed E-state index contributed by atoms with van der Waals surface area (Å²) in [5, 5.41) is 9.57. The molecule has 0 bridgehead atoms. The van der Waals surface area contributed by atoms with Crippen molar-refractivity contribution >= 4 is 10.1 Å². The third kappa shape index (κ3) is 4.03. The highest BCUT2D eigenvalue weighted by Gasteiger charge is 2.72. The number of alkyl halides is 6. The summed E-state index contributed by atoms with van der Waals surface area (Å²) in [6.45, 7) is 8.39. The molecule has 1 saturated heterocycles. The molecule has 4 nitrogen and oxygen atoms in total. The quantitative estimate of drug-likeness (QED) is 0.473. The van der Waals surface area contributed by atoms with Crippen molar-refractivity contribution < 1.29 is 44.0 Å². The fraction of sp³-hybridized carbons (Fsp3) is 1.00. The van der Waals surface area contributed by atoms with Crippen molar-refractivity contribution in [2.45, 2.75) is 89.1 Å². The van der Waals surface area contributed by atoms with Crippen LogP contribution in [0.4, 0.5) is 26.3 Å². The zero-order valence-corrected chi connectivity index (χ0v) is 17.5. The maximum absolute atomic E-state index is 13.1. The molecule has 0 saturated carbocycles. The van der Waals surface area contributed by atoms with Crippen LogP contribution in [-0.4, -0.2) is 41.8 Å². The molecule has 0 spiro atoms. The van der Waals surface area contributed by atoms with Crippen molar-refractivity contribution in [2.24, 2.45) is 17.8 Å². The molecule has 1 fully saturated rings. The second-order valence-electron chi connectivity index (χ2n) is 8.55. The lowest BCUT2D eigenvalue weighted by Gasteiger charge is -2.39. The molecule has 28 heavy (non-hydrogen) atoms. The van der Waals surface area contributed by atoms with Crippen molar-refractivity contribution in [3.63, 3.8) is 0 Å². The Bertz CT molecular complexity index is 656. The first kappa shape index (κ1) is 25.5. The Morgan fingerprint density at radius 1 is 1.07 bits per heavy atom. The summed E-state index contributed by atoms with van der Waals surface area (Å²) in [6, 6.07) is 0. The predicted octanol–water partition coefficient (Wildman–Crippen LogP) is 4.82. The minimum absolute atomic E-state index is 0.147. The lowest BCUT2D eigenvalue weighted by atomic mass is 9.73. The Labute approximate surface area is 161 Å². The Morgan fingerprint density at radius 2 is 1.50 bits per heavy atom. The van der Waals surface area contributed by atoms with Crippen LogP contribution in [-0.2, 0) is 14.3 Å². The maximum Gasteiger partial charge on any atom is 0.426 e. The molecule has 1 rings (SSSR count). The summed E-state index contributed by atoms with van der Waals surface area (Å²) in [7, 11) is -4.08. The SMILES string of the molecule is CCC(CC(C)C(O)(C(F)(F)F)C(F)(F)F)CC1(C)C(C)C(C)(C)OS1(=O)=O. The van der Waals surface area contributed by atoms with E-state index in [4.69, 9.17) is 4.18 Å². The monoisotopic (exact) mass is 442 g/mol. The minimum Gasteiger partial charge on any atom is -0.373 e. The number of rotatable bonds is 6. The van der Waals surface area contributed by atoms with Crippen molar-refractivity contribution in [3.05, 3.63) is 0 Å². The molecule has 1 aliphatic heterocycles. The van der Waals surface area contributed by atoms with Gasteiger partial charge in [-0.2, -0.15) is 34.8 Å². The van der Waals surface area contributed by atoms with E-state index in [9.17, 15) is 39.9 Å². The summed E-state index contributed by atoms with van der Waals surface area (Å²) in [4.78, 5) is 0. The molecule has 0 aromatic heterocycles. The van der Waals surface area contributed by atoms with Gasteiger partial charge >= 0.3 is 12.4 Å². The van der Waals surface area contributed by atoms with Crippen LogP contribution >= 0.6 is 0 Å². The summed E-state index contributed by atoms with van der Waals surface area (Å²) >= 11 is 0. The minimum atomic E-state index is -5.91. The molecule has 0 aliphatic carbocycles. The molecule has 1 N–H and O–H groups in total. The van der Waals surface area contributed by atoms with Gasteiger partial charge in [0.25, 0.3) is 15.7 Å².